The maximum atomic E-state index is 12.8. The number of benzene rings is 1. The summed E-state index contributed by atoms with van der Waals surface area (Å²) in [5.74, 6) is -1.04. The van der Waals surface area contributed by atoms with E-state index < -0.39 is 38.5 Å². The number of primary sulfonamides is 1. The number of halogens is 4. The van der Waals surface area contributed by atoms with Gasteiger partial charge in [0.15, 0.2) is 0 Å². The second kappa shape index (κ2) is 4.24. The first-order valence-corrected chi connectivity index (χ1v) is 5.72. The normalized spacial score (nSPS) is 14.7. The second-order valence-corrected chi connectivity index (χ2v) is 4.78. The molecule has 0 aliphatic rings. The van der Waals surface area contributed by atoms with Gasteiger partial charge in [-0.2, -0.15) is 13.2 Å². The molecule has 0 aliphatic carbocycles. The molecule has 0 aliphatic heterocycles. The quantitative estimate of drug-likeness (QED) is 0.788. The van der Waals surface area contributed by atoms with Crippen LogP contribution in [0, 0.1) is 5.82 Å². The van der Waals surface area contributed by atoms with E-state index in [2.05, 4.69) is 0 Å². The van der Waals surface area contributed by atoms with Gasteiger partial charge in [-0.3, -0.25) is 0 Å². The number of sulfonamides is 1. The van der Waals surface area contributed by atoms with Crippen LogP contribution in [0.4, 0.5) is 17.6 Å². The number of rotatable bonds is 2. The van der Waals surface area contributed by atoms with E-state index in [9.17, 15) is 26.0 Å². The summed E-state index contributed by atoms with van der Waals surface area (Å²) in [5, 5.41) is 4.72. The van der Waals surface area contributed by atoms with E-state index in [1.165, 1.54) is 0 Å². The number of alkyl halides is 3. The molecular weight excluding hydrogens is 264 g/mol. The maximum Gasteiger partial charge on any atom is 0.407 e. The molecule has 4 N–H and O–H groups in total. The average molecular weight is 272 g/mol. The fourth-order valence-corrected chi connectivity index (χ4v) is 1.97. The highest BCUT2D eigenvalue weighted by Crippen LogP contribution is 2.33. The Morgan fingerprint density at radius 3 is 2.18 bits per heavy atom. The minimum atomic E-state index is -4.90. The van der Waals surface area contributed by atoms with E-state index in [1.54, 1.807) is 0 Å². The molecule has 0 bridgehead atoms. The zero-order valence-electron chi connectivity index (χ0n) is 8.20. The van der Waals surface area contributed by atoms with E-state index in [0.29, 0.717) is 18.2 Å². The lowest BCUT2D eigenvalue weighted by Crippen LogP contribution is -2.31. The van der Waals surface area contributed by atoms with E-state index in [0.717, 1.165) is 0 Å². The molecule has 0 aromatic heterocycles. The molecule has 1 atom stereocenters. The highest BCUT2D eigenvalue weighted by atomic mass is 32.2. The molecule has 1 aromatic rings. The summed E-state index contributed by atoms with van der Waals surface area (Å²) in [4.78, 5) is -0.844. The molecule has 1 aromatic carbocycles. The van der Waals surface area contributed by atoms with Gasteiger partial charge in [0.2, 0.25) is 10.0 Å². The first-order chi connectivity index (χ1) is 7.53. The van der Waals surface area contributed by atoms with Gasteiger partial charge in [-0.05, 0) is 18.2 Å². The van der Waals surface area contributed by atoms with Crippen molar-refractivity contribution in [1.82, 2.24) is 0 Å². The van der Waals surface area contributed by atoms with Crippen LogP contribution in [0.25, 0.3) is 0 Å². The molecule has 0 fully saturated rings. The summed E-state index contributed by atoms with van der Waals surface area (Å²) in [6, 6.07) is -0.887. The minimum Gasteiger partial charge on any atom is -0.316 e. The van der Waals surface area contributed by atoms with Crippen molar-refractivity contribution in [3.63, 3.8) is 0 Å². The Morgan fingerprint density at radius 2 is 1.76 bits per heavy atom. The topological polar surface area (TPSA) is 86.2 Å². The number of hydrogen-bond donors (Lipinski definition) is 2. The monoisotopic (exact) mass is 272 g/mol. The molecule has 0 radical (unpaired) electrons. The van der Waals surface area contributed by atoms with Gasteiger partial charge in [0.05, 0.1) is 4.90 Å². The van der Waals surface area contributed by atoms with Crippen molar-refractivity contribution in [3.8, 4) is 0 Å². The van der Waals surface area contributed by atoms with Gasteiger partial charge in [0.1, 0.15) is 11.9 Å². The molecule has 0 spiro atoms. The third-order valence-corrected chi connectivity index (χ3v) is 2.95. The standard InChI is InChI=1S/C8H8F4N2O2S/c9-4-1-2-6(17(14,15)16)5(3-4)7(13)8(10,11)12/h1-3,7H,13H2,(H2,14,15,16)/t7-/m0/s1. The van der Waals surface area contributed by atoms with Crippen LogP contribution in [0.1, 0.15) is 11.6 Å². The lowest BCUT2D eigenvalue weighted by molar-refractivity contribution is -0.149. The molecule has 0 saturated heterocycles. The molecule has 96 valence electrons. The SMILES string of the molecule is N[C@@H](c1cc(F)ccc1S(N)(=O)=O)C(F)(F)F. The summed E-state index contributed by atoms with van der Waals surface area (Å²) in [5.41, 5.74) is 3.91. The molecule has 0 amide bonds. The van der Waals surface area contributed by atoms with E-state index in [1.807, 2.05) is 0 Å². The van der Waals surface area contributed by atoms with Gasteiger partial charge in [-0.15, -0.1) is 0 Å². The largest absolute Gasteiger partial charge is 0.407 e. The Labute approximate surface area is 94.3 Å². The summed E-state index contributed by atoms with van der Waals surface area (Å²) in [6.07, 6.45) is -4.90. The Morgan fingerprint density at radius 1 is 1.24 bits per heavy atom. The van der Waals surface area contributed by atoms with Gasteiger partial charge in [0, 0.05) is 5.56 Å². The highest BCUT2D eigenvalue weighted by molar-refractivity contribution is 7.89. The molecule has 0 heterocycles. The Bertz CT molecular complexity index is 527. The highest BCUT2D eigenvalue weighted by Gasteiger charge is 2.40. The van der Waals surface area contributed by atoms with E-state index in [4.69, 9.17) is 10.9 Å². The Hall–Kier alpha value is -1.19. The van der Waals surface area contributed by atoms with Gasteiger partial charge < -0.3 is 5.73 Å². The Kier molecular flexibility index (Phi) is 3.46. The van der Waals surface area contributed by atoms with Crippen LogP contribution in [0.5, 0.6) is 0 Å². The molecule has 0 saturated carbocycles. The summed E-state index contributed by atoms with van der Waals surface area (Å²) in [6.45, 7) is 0. The molecule has 4 nitrogen and oxygen atoms in total. The van der Waals surface area contributed by atoms with Crippen LogP contribution < -0.4 is 10.9 Å². The number of nitrogens with two attached hydrogens (primary N) is 2. The lowest BCUT2D eigenvalue weighted by Gasteiger charge is -2.18. The third-order valence-electron chi connectivity index (χ3n) is 1.97. The molecule has 9 heteroatoms. The van der Waals surface area contributed by atoms with Crippen molar-refractivity contribution >= 4 is 10.0 Å². The second-order valence-electron chi connectivity index (χ2n) is 3.25. The van der Waals surface area contributed by atoms with Crippen molar-refractivity contribution in [2.24, 2.45) is 10.9 Å². The van der Waals surface area contributed by atoms with Crippen LogP contribution in [-0.2, 0) is 10.0 Å². The zero-order valence-corrected chi connectivity index (χ0v) is 9.02. The van der Waals surface area contributed by atoms with Crippen LogP contribution >= 0.6 is 0 Å². The fraction of sp³-hybridized carbons (Fsp3) is 0.250. The van der Waals surface area contributed by atoms with Gasteiger partial charge in [-0.25, -0.2) is 17.9 Å². The van der Waals surface area contributed by atoms with E-state index in [-0.39, 0.29) is 0 Å². The van der Waals surface area contributed by atoms with Crippen molar-refractivity contribution < 1.29 is 26.0 Å². The number of hydrogen-bond acceptors (Lipinski definition) is 3. The summed E-state index contributed by atoms with van der Waals surface area (Å²) >= 11 is 0. The van der Waals surface area contributed by atoms with Crippen molar-refractivity contribution in [3.05, 3.63) is 29.6 Å². The van der Waals surface area contributed by atoms with Crippen molar-refractivity contribution in [2.75, 3.05) is 0 Å². The Balaban J connectivity index is 3.46. The smallest absolute Gasteiger partial charge is 0.316 e. The first kappa shape index (κ1) is 13.9. The van der Waals surface area contributed by atoms with Crippen LogP contribution in [0.2, 0.25) is 0 Å². The van der Waals surface area contributed by atoms with Gasteiger partial charge in [0.25, 0.3) is 0 Å². The van der Waals surface area contributed by atoms with Crippen LogP contribution in [0.3, 0.4) is 0 Å². The lowest BCUT2D eigenvalue weighted by atomic mass is 10.1. The van der Waals surface area contributed by atoms with Crippen LogP contribution in [-0.4, -0.2) is 14.6 Å². The molecule has 17 heavy (non-hydrogen) atoms. The third kappa shape index (κ3) is 3.14. The van der Waals surface area contributed by atoms with Crippen molar-refractivity contribution in [1.29, 1.82) is 0 Å². The molecule has 1 rings (SSSR count). The fourth-order valence-electron chi connectivity index (χ4n) is 1.20. The average Bonchev–Trinajstić information content (AvgIpc) is 2.13. The zero-order chi connectivity index (χ0) is 13.4. The summed E-state index contributed by atoms with van der Waals surface area (Å²) < 4.78 is 71.9. The maximum absolute atomic E-state index is 12.8. The van der Waals surface area contributed by atoms with Gasteiger partial charge in [-0.1, -0.05) is 0 Å². The van der Waals surface area contributed by atoms with Gasteiger partial charge >= 0.3 is 6.18 Å². The molecule has 0 unspecified atom stereocenters. The summed E-state index contributed by atoms with van der Waals surface area (Å²) in [7, 11) is -4.40. The molecular formula is C8H8F4N2O2S. The predicted molar refractivity (Wildman–Crippen MR) is 50.8 cm³/mol. The van der Waals surface area contributed by atoms with Crippen LogP contribution in [0.15, 0.2) is 23.1 Å². The first-order valence-electron chi connectivity index (χ1n) is 4.18. The van der Waals surface area contributed by atoms with E-state index >= 15 is 0 Å². The predicted octanol–water partition coefficient (Wildman–Crippen LogP) is 1.04. The van der Waals surface area contributed by atoms with Crippen molar-refractivity contribution in [2.45, 2.75) is 17.1 Å². The minimum absolute atomic E-state index is 0.401.